The lowest BCUT2D eigenvalue weighted by Gasteiger charge is -2.31. The quantitative estimate of drug-likeness (QED) is 0.829. The van der Waals surface area contributed by atoms with Crippen molar-refractivity contribution in [2.45, 2.75) is 25.3 Å². The van der Waals surface area contributed by atoms with Crippen molar-refractivity contribution in [3.8, 4) is 5.75 Å². The first-order valence-electron chi connectivity index (χ1n) is 8.66. The highest BCUT2D eigenvalue weighted by molar-refractivity contribution is 7.89. The number of rotatable bonds is 4. The van der Waals surface area contributed by atoms with Gasteiger partial charge < -0.3 is 10.0 Å². The minimum absolute atomic E-state index is 0.275. The van der Waals surface area contributed by atoms with Gasteiger partial charge in [0, 0.05) is 10.6 Å². The highest BCUT2D eigenvalue weighted by Crippen LogP contribution is 2.21. The van der Waals surface area contributed by atoms with Gasteiger partial charge in [0.15, 0.2) is 0 Å². The van der Waals surface area contributed by atoms with E-state index in [1.165, 1.54) is 9.21 Å². The fourth-order valence-corrected chi connectivity index (χ4v) is 4.81. The predicted molar refractivity (Wildman–Crippen MR) is 102 cm³/mol. The van der Waals surface area contributed by atoms with Crippen molar-refractivity contribution in [3.05, 3.63) is 58.1 Å². The molecule has 1 aliphatic rings. The molecule has 5 nitrogen and oxygen atoms in total. The van der Waals surface area contributed by atoms with E-state index in [4.69, 9.17) is 11.6 Å². The molecule has 7 heteroatoms. The zero-order valence-electron chi connectivity index (χ0n) is 15.0. The summed E-state index contributed by atoms with van der Waals surface area (Å²) in [6.07, 6.45) is 0. The number of phenols is 1. The van der Waals surface area contributed by atoms with Gasteiger partial charge in [-0.2, -0.15) is 4.31 Å². The first kappa shape index (κ1) is 19.2. The van der Waals surface area contributed by atoms with Crippen LogP contribution in [0.3, 0.4) is 0 Å². The number of aromatic hydroxyl groups is 1. The Morgan fingerprint density at radius 2 is 1.65 bits per heavy atom. The number of nitrogens with zero attached hydrogens (tertiary/aromatic N) is 1. The van der Waals surface area contributed by atoms with E-state index in [0.717, 1.165) is 16.7 Å². The lowest BCUT2D eigenvalue weighted by molar-refractivity contribution is -0.917. The molecule has 0 aromatic heterocycles. The van der Waals surface area contributed by atoms with Gasteiger partial charge in [-0.25, -0.2) is 8.42 Å². The largest absolute Gasteiger partial charge is 0.507 e. The number of aryl methyl sites for hydroxylation is 2. The van der Waals surface area contributed by atoms with E-state index < -0.39 is 10.0 Å². The van der Waals surface area contributed by atoms with Crippen LogP contribution in [0.4, 0.5) is 0 Å². The summed E-state index contributed by atoms with van der Waals surface area (Å²) in [5.41, 5.74) is 3.14. The Hall–Kier alpha value is -1.60. The second-order valence-corrected chi connectivity index (χ2v) is 9.22. The summed E-state index contributed by atoms with van der Waals surface area (Å²) in [7, 11) is -3.48. The number of hydrogen-bond acceptors (Lipinski definition) is 3. The van der Waals surface area contributed by atoms with Gasteiger partial charge >= 0.3 is 0 Å². The van der Waals surface area contributed by atoms with Crippen LogP contribution in [0, 0.1) is 13.8 Å². The lowest BCUT2D eigenvalue weighted by Crippen LogP contribution is -3.13. The van der Waals surface area contributed by atoms with Gasteiger partial charge in [-0.15, -0.1) is 0 Å². The van der Waals surface area contributed by atoms with Crippen LogP contribution in [0.15, 0.2) is 41.3 Å². The van der Waals surface area contributed by atoms with E-state index in [1.54, 1.807) is 30.3 Å². The Labute approximate surface area is 159 Å². The second-order valence-electron chi connectivity index (χ2n) is 6.85. The fourth-order valence-electron chi connectivity index (χ4n) is 3.25. The SMILES string of the molecule is Cc1cc(O)c(C[NH+]2CCN(S(=O)(=O)c3ccc(Cl)cc3)CC2)cc1C. The van der Waals surface area contributed by atoms with E-state index in [0.29, 0.717) is 43.5 Å². The molecule has 1 fully saturated rings. The van der Waals surface area contributed by atoms with Gasteiger partial charge in [0.2, 0.25) is 10.0 Å². The first-order chi connectivity index (χ1) is 12.3. The summed E-state index contributed by atoms with van der Waals surface area (Å²) in [4.78, 5) is 1.54. The average molecular weight is 396 g/mol. The van der Waals surface area contributed by atoms with Crippen molar-refractivity contribution in [1.82, 2.24) is 4.31 Å². The molecule has 1 aliphatic heterocycles. The molecule has 0 aliphatic carbocycles. The highest BCUT2D eigenvalue weighted by atomic mass is 35.5. The molecule has 0 amide bonds. The van der Waals surface area contributed by atoms with Crippen LogP contribution in [-0.4, -0.2) is 44.0 Å². The molecule has 0 unspecified atom stereocenters. The first-order valence-corrected chi connectivity index (χ1v) is 10.5. The number of phenolic OH excluding ortho intramolecular Hbond substituents is 1. The molecule has 0 bridgehead atoms. The van der Waals surface area contributed by atoms with Crippen LogP contribution in [0.25, 0.3) is 0 Å². The fraction of sp³-hybridized carbons (Fsp3) is 0.368. The van der Waals surface area contributed by atoms with E-state index in [9.17, 15) is 13.5 Å². The number of nitrogens with one attached hydrogen (secondary N) is 1. The van der Waals surface area contributed by atoms with Crippen LogP contribution in [0.1, 0.15) is 16.7 Å². The van der Waals surface area contributed by atoms with Gasteiger partial charge in [0.25, 0.3) is 0 Å². The minimum Gasteiger partial charge on any atom is -0.507 e. The molecule has 3 rings (SSSR count). The normalized spacial score (nSPS) is 16.7. The van der Waals surface area contributed by atoms with Crippen molar-refractivity contribution in [1.29, 1.82) is 0 Å². The summed E-state index contributed by atoms with van der Waals surface area (Å²) in [5.74, 6) is 0.316. The van der Waals surface area contributed by atoms with Crippen LogP contribution in [0.5, 0.6) is 5.75 Å². The molecule has 2 N–H and O–H groups in total. The van der Waals surface area contributed by atoms with E-state index in [2.05, 4.69) is 0 Å². The van der Waals surface area contributed by atoms with Crippen molar-refractivity contribution >= 4 is 21.6 Å². The Morgan fingerprint density at radius 1 is 1.08 bits per heavy atom. The third-order valence-corrected chi connectivity index (χ3v) is 7.18. The monoisotopic (exact) mass is 395 g/mol. The number of hydrogen-bond donors (Lipinski definition) is 2. The van der Waals surface area contributed by atoms with Gasteiger partial charge in [-0.3, -0.25) is 0 Å². The molecule has 0 atom stereocenters. The molecular weight excluding hydrogens is 372 g/mol. The number of benzene rings is 2. The highest BCUT2D eigenvalue weighted by Gasteiger charge is 2.30. The summed E-state index contributed by atoms with van der Waals surface area (Å²) in [6, 6.07) is 10.1. The predicted octanol–water partition coefficient (Wildman–Crippen LogP) is 1.75. The maximum absolute atomic E-state index is 12.7. The number of quaternary nitrogens is 1. The minimum atomic E-state index is -3.48. The van der Waals surface area contributed by atoms with Gasteiger partial charge in [0.1, 0.15) is 12.3 Å². The summed E-state index contributed by atoms with van der Waals surface area (Å²) < 4.78 is 27.0. The topological polar surface area (TPSA) is 62.1 Å². The van der Waals surface area contributed by atoms with E-state index >= 15 is 0 Å². The van der Waals surface area contributed by atoms with Crippen molar-refractivity contribution in [3.63, 3.8) is 0 Å². The molecular formula is C19H24ClN2O3S+. The van der Waals surface area contributed by atoms with Crippen molar-refractivity contribution in [2.24, 2.45) is 0 Å². The Bertz CT molecular complexity index is 890. The lowest BCUT2D eigenvalue weighted by atomic mass is 10.0. The van der Waals surface area contributed by atoms with Gasteiger partial charge in [-0.1, -0.05) is 11.6 Å². The van der Waals surface area contributed by atoms with Crippen LogP contribution < -0.4 is 4.90 Å². The Morgan fingerprint density at radius 3 is 2.27 bits per heavy atom. The average Bonchev–Trinajstić information content (AvgIpc) is 2.60. The molecule has 2 aromatic carbocycles. The van der Waals surface area contributed by atoms with Crippen molar-refractivity contribution < 1.29 is 18.4 Å². The molecule has 1 saturated heterocycles. The Kier molecular flexibility index (Phi) is 5.58. The van der Waals surface area contributed by atoms with Gasteiger partial charge in [0.05, 0.1) is 31.1 Å². The molecule has 0 radical (unpaired) electrons. The second kappa shape index (κ2) is 7.56. The van der Waals surface area contributed by atoms with Crippen molar-refractivity contribution in [2.75, 3.05) is 26.2 Å². The number of sulfonamides is 1. The summed E-state index contributed by atoms with van der Waals surface area (Å²) in [6.45, 7) is 7.05. The Balaban J connectivity index is 1.66. The van der Waals surface area contributed by atoms with Crippen LogP contribution in [-0.2, 0) is 16.6 Å². The number of halogens is 1. The molecule has 2 aromatic rings. The molecule has 26 heavy (non-hydrogen) atoms. The molecule has 1 heterocycles. The maximum Gasteiger partial charge on any atom is 0.243 e. The standard InChI is InChI=1S/C19H23ClN2O3S/c1-14-11-16(19(23)12-15(14)2)13-21-7-9-22(10-8-21)26(24,25)18-5-3-17(20)4-6-18/h3-6,11-12,23H,7-10,13H2,1-2H3/p+1. The smallest absolute Gasteiger partial charge is 0.243 e. The zero-order valence-corrected chi connectivity index (χ0v) is 16.6. The third kappa shape index (κ3) is 4.04. The van der Waals surface area contributed by atoms with Crippen LogP contribution in [0.2, 0.25) is 5.02 Å². The van der Waals surface area contributed by atoms with Crippen LogP contribution >= 0.6 is 11.6 Å². The van der Waals surface area contributed by atoms with E-state index in [1.807, 2.05) is 19.9 Å². The van der Waals surface area contributed by atoms with Gasteiger partial charge in [-0.05, 0) is 61.4 Å². The summed E-state index contributed by atoms with van der Waals surface area (Å²) >= 11 is 5.85. The maximum atomic E-state index is 12.7. The van der Waals surface area contributed by atoms with E-state index in [-0.39, 0.29) is 4.90 Å². The number of piperazine rings is 1. The summed E-state index contributed by atoms with van der Waals surface area (Å²) in [5, 5.41) is 10.7. The zero-order chi connectivity index (χ0) is 18.9. The molecule has 0 spiro atoms. The molecule has 140 valence electrons. The third-order valence-electron chi connectivity index (χ3n) is 5.02. The molecule has 0 saturated carbocycles.